The van der Waals surface area contributed by atoms with E-state index in [0.29, 0.717) is 10.8 Å². The third-order valence-electron chi connectivity index (χ3n) is 3.43. The summed E-state index contributed by atoms with van der Waals surface area (Å²) in [5.41, 5.74) is 4.97. The zero-order valence-electron chi connectivity index (χ0n) is 12.2. The first-order chi connectivity index (χ1) is 9.65. The third-order valence-corrected chi connectivity index (χ3v) is 3.72. The summed E-state index contributed by atoms with van der Waals surface area (Å²) in [5.74, 6) is 0.709. The molecule has 1 N–H and O–H groups in total. The minimum Gasteiger partial charge on any atom is -0.495 e. The van der Waals surface area contributed by atoms with Crippen LogP contribution in [-0.2, 0) is 13.0 Å². The quantitative estimate of drug-likeness (QED) is 0.851. The van der Waals surface area contributed by atoms with Crippen LogP contribution in [0.25, 0.3) is 0 Å². The zero-order valence-corrected chi connectivity index (χ0v) is 12.9. The van der Waals surface area contributed by atoms with Crippen LogP contribution in [0.15, 0.2) is 36.4 Å². The number of benzene rings is 2. The van der Waals surface area contributed by atoms with Gasteiger partial charge in [0.1, 0.15) is 5.75 Å². The fourth-order valence-corrected chi connectivity index (χ4v) is 2.57. The highest BCUT2D eigenvalue weighted by molar-refractivity contribution is 6.32. The molecule has 0 aliphatic rings. The molecular weight excluding hydrogens is 270 g/mol. The van der Waals surface area contributed by atoms with Crippen LogP contribution >= 0.6 is 11.6 Å². The Bertz CT molecular complexity index is 596. The predicted molar refractivity (Wildman–Crippen MR) is 85.9 cm³/mol. The maximum atomic E-state index is 6.15. The van der Waals surface area contributed by atoms with Crippen molar-refractivity contribution in [3.05, 3.63) is 58.1 Å². The monoisotopic (exact) mass is 289 g/mol. The summed E-state index contributed by atoms with van der Waals surface area (Å²) in [6.07, 6.45) is 1.02. The van der Waals surface area contributed by atoms with E-state index in [9.17, 15) is 0 Å². The largest absolute Gasteiger partial charge is 0.495 e. The van der Waals surface area contributed by atoms with Gasteiger partial charge in [-0.05, 0) is 42.2 Å². The van der Waals surface area contributed by atoms with E-state index in [1.54, 1.807) is 7.11 Å². The van der Waals surface area contributed by atoms with Gasteiger partial charge in [-0.3, -0.25) is 0 Å². The Morgan fingerprint density at radius 1 is 1.20 bits per heavy atom. The number of ether oxygens (including phenoxy) is 1. The van der Waals surface area contributed by atoms with Crippen LogP contribution in [0.4, 0.5) is 5.69 Å². The summed E-state index contributed by atoms with van der Waals surface area (Å²) in [5, 5.41) is 4.16. The Morgan fingerprint density at radius 2 is 2.00 bits per heavy atom. The molecule has 0 radical (unpaired) electrons. The van der Waals surface area contributed by atoms with Gasteiger partial charge in [0.15, 0.2) is 0 Å². The standard InChI is InChI=1S/C17H20ClNO/c1-4-14-7-5-6-12(2)17(14)19-11-13-8-9-16(20-3)15(18)10-13/h5-10,19H,4,11H2,1-3H3. The third kappa shape index (κ3) is 3.26. The maximum Gasteiger partial charge on any atom is 0.137 e. The summed E-state index contributed by atoms with van der Waals surface area (Å²) in [6, 6.07) is 12.3. The molecule has 0 aliphatic heterocycles. The van der Waals surface area contributed by atoms with E-state index in [-0.39, 0.29) is 0 Å². The molecule has 20 heavy (non-hydrogen) atoms. The highest BCUT2D eigenvalue weighted by Crippen LogP contribution is 2.26. The van der Waals surface area contributed by atoms with E-state index in [1.165, 1.54) is 16.8 Å². The molecule has 0 fully saturated rings. The highest BCUT2D eigenvalue weighted by Gasteiger charge is 2.05. The molecule has 2 aromatic carbocycles. The summed E-state index contributed by atoms with van der Waals surface area (Å²) >= 11 is 6.15. The van der Waals surface area contributed by atoms with Crippen LogP contribution in [0.3, 0.4) is 0 Å². The lowest BCUT2D eigenvalue weighted by molar-refractivity contribution is 0.415. The first kappa shape index (κ1) is 14.7. The molecule has 0 heterocycles. The smallest absolute Gasteiger partial charge is 0.137 e. The molecule has 0 saturated carbocycles. The molecule has 0 amide bonds. The Kier molecular flexibility index (Phi) is 4.91. The fraction of sp³-hybridized carbons (Fsp3) is 0.294. The van der Waals surface area contributed by atoms with Gasteiger partial charge >= 0.3 is 0 Å². The van der Waals surface area contributed by atoms with Gasteiger partial charge in [0.05, 0.1) is 12.1 Å². The molecule has 0 unspecified atom stereocenters. The van der Waals surface area contributed by atoms with Gasteiger partial charge in [0, 0.05) is 12.2 Å². The Labute approximate surface area is 125 Å². The van der Waals surface area contributed by atoms with Crippen molar-refractivity contribution in [3.63, 3.8) is 0 Å². The lowest BCUT2D eigenvalue weighted by Crippen LogP contribution is -2.04. The van der Waals surface area contributed by atoms with Gasteiger partial charge in [0.25, 0.3) is 0 Å². The number of hydrogen-bond donors (Lipinski definition) is 1. The molecular formula is C17H20ClNO. The second-order valence-electron chi connectivity index (χ2n) is 4.79. The average molecular weight is 290 g/mol. The molecule has 3 heteroatoms. The molecule has 0 spiro atoms. The van der Waals surface area contributed by atoms with Gasteiger partial charge < -0.3 is 10.1 Å². The van der Waals surface area contributed by atoms with Gasteiger partial charge in [-0.1, -0.05) is 42.8 Å². The Morgan fingerprint density at radius 3 is 2.65 bits per heavy atom. The first-order valence-corrected chi connectivity index (χ1v) is 7.18. The van der Waals surface area contributed by atoms with E-state index in [2.05, 4.69) is 37.4 Å². The van der Waals surface area contributed by atoms with Crippen molar-refractivity contribution in [2.75, 3.05) is 12.4 Å². The molecule has 0 saturated heterocycles. The second kappa shape index (κ2) is 6.67. The number of halogens is 1. The van der Waals surface area contributed by atoms with E-state index in [4.69, 9.17) is 16.3 Å². The van der Waals surface area contributed by atoms with Crippen LogP contribution < -0.4 is 10.1 Å². The van der Waals surface area contributed by atoms with E-state index < -0.39 is 0 Å². The van der Waals surface area contributed by atoms with Gasteiger partial charge in [0.2, 0.25) is 0 Å². The fourth-order valence-electron chi connectivity index (χ4n) is 2.29. The highest BCUT2D eigenvalue weighted by atomic mass is 35.5. The molecule has 2 aromatic rings. The number of anilines is 1. The summed E-state index contributed by atoms with van der Waals surface area (Å²) in [4.78, 5) is 0. The van der Waals surface area contributed by atoms with E-state index in [0.717, 1.165) is 18.5 Å². The summed E-state index contributed by atoms with van der Waals surface area (Å²) in [6.45, 7) is 5.05. The summed E-state index contributed by atoms with van der Waals surface area (Å²) < 4.78 is 5.17. The molecule has 2 rings (SSSR count). The number of nitrogens with one attached hydrogen (secondary N) is 1. The van der Waals surface area contributed by atoms with Crippen LogP contribution in [0.1, 0.15) is 23.6 Å². The maximum absolute atomic E-state index is 6.15. The van der Waals surface area contributed by atoms with Crippen LogP contribution in [0, 0.1) is 6.92 Å². The Hall–Kier alpha value is -1.67. The van der Waals surface area contributed by atoms with Gasteiger partial charge in [-0.2, -0.15) is 0 Å². The van der Waals surface area contributed by atoms with Gasteiger partial charge in [-0.15, -0.1) is 0 Å². The van der Waals surface area contributed by atoms with Crippen molar-refractivity contribution in [1.82, 2.24) is 0 Å². The number of aryl methyl sites for hydroxylation is 2. The van der Waals surface area contributed by atoms with Crippen LogP contribution in [-0.4, -0.2) is 7.11 Å². The zero-order chi connectivity index (χ0) is 14.5. The molecule has 0 bridgehead atoms. The lowest BCUT2D eigenvalue weighted by atomic mass is 10.1. The van der Waals surface area contributed by atoms with Crippen molar-refractivity contribution < 1.29 is 4.74 Å². The average Bonchev–Trinajstić information content (AvgIpc) is 2.46. The van der Waals surface area contributed by atoms with E-state index in [1.807, 2.05) is 18.2 Å². The second-order valence-corrected chi connectivity index (χ2v) is 5.19. The van der Waals surface area contributed by atoms with Crippen molar-refractivity contribution in [1.29, 1.82) is 0 Å². The van der Waals surface area contributed by atoms with Crippen LogP contribution in [0.5, 0.6) is 5.75 Å². The molecule has 106 valence electrons. The van der Waals surface area contributed by atoms with Crippen molar-refractivity contribution >= 4 is 17.3 Å². The van der Waals surface area contributed by atoms with Crippen molar-refractivity contribution in [3.8, 4) is 5.75 Å². The lowest BCUT2D eigenvalue weighted by Gasteiger charge is -2.14. The number of hydrogen-bond acceptors (Lipinski definition) is 2. The number of methoxy groups -OCH3 is 1. The first-order valence-electron chi connectivity index (χ1n) is 6.80. The molecule has 0 aromatic heterocycles. The summed E-state index contributed by atoms with van der Waals surface area (Å²) in [7, 11) is 1.62. The van der Waals surface area contributed by atoms with Crippen molar-refractivity contribution in [2.45, 2.75) is 26.8 Å². The minimum atomic E-state index is 0.646. The number of para-hydroxylation sites is 1. The minimum absolute atomic E-state index is 0.646. The van der Waals surface area contributed by atoms with E-state index >= 15 is 0 Å². The number of rotatable bonds is 5. The van der Waals surface area contributed by atoms with Gasteiger partial charge in [-0.25, -0.2) is 0 Å². The molecule has 2 nitrogen and oxygen atoms in total. The van der Waals surface area contributed by atoms with Crippen LogP contribution in [0.2, 0.25) is 5.02 Å². The molecule has 0 atom stereocenters. The topological polar surface area (TPSA) is 21.3 Å². The van der Waals surface area contributed by atoms with Crippen molar-refractivity contribution in [2.24, 2.45) is 0 Å². The SMILES string of the molecule is CCc1cccc(C)c1NCc1ccc(OC)c(Cl)c1. The predicted octanol–water partition coefficient (Wildman–Crippen LogP) is 4.83. The normalized spacial score (nSPS) is 10.4. The molecule has 0 aliphatic carbocycles. The Balaban J connectivity index is 2.15.